The first kappa shape index (κ1) is 11.5. The molecule has 0 saturated carbocycles. The Hall–Kier alpha value is -0.480. The standard InChI is InChI=1S/C7H14N2O2.ClH/c8-3-1-6-2-4-9(5-6)7(10)11;/h6H,1-5,8H2,(H,10,11);1H. The number of amides is 1. The normalized spacial score (nSPS) is 22.1. The highest BCUT2D eigenvalue weighted by molar-refractivity contribution is 5.85. The van der Waals surface area contributed by atoms with Gasteiger partial charge in [-0.1, -0.05) is 0 Å². The number of carbonyl (C=O) groups is 1. The van der Waals surface area contributed by atoms with Crippen LogP contribution in [0.3, 0.4) is 0 Å². The van der Waals surface area contributed by atoms with Crippen molar-refractivity contribution in [1.29, 1.82) is 0 Å². The van der Waals surface area contributed by atoms with Crippen LogP contribution in [0.1, 0.15) is 12.8 Å². The second kappa shape index (κ2) is 5.22. The molecule has 0 radical (unpaired) electrons. The summed E-state index contributed by atoms with van der Waals surface area (Å²) in [5, 5.41) is 8.59. The Morgan fingerprint density at radius 3 is 2.75 bits per heavy atom. The molecule has 1 amide bonds. The van der Waals surface area contributed by atoms with Crippen molar-refractivity contribution < 1.29 is 9.90 Å². The summed E-state index contributed by atoms with van der Waals surface area (Å²) in [7, 11) is 0. The molecule has 1 saturated heterocycles. The number of rotatable bonds is 2. The van der Waals surface area contributed by atoms with Crippen LogP contribution in [0.25, 0.3) is 0 Å². The van der Waals surface area contributed by atoms with Crippen molar-refractivity contribution in [1.82, 2.24) is 4.90 Å². The maximum absolute atomic E-state index is 10.4. The quantitative estimate of drug-likeness (QED) is 0.682. The molecule has 12 heavy (non-hydrogen) atoms. The van der Waals surface area contributed by atoms with E-state index in [1.54, 1.807) is 0 Å². The van der Waals surface area contributed by atoms with Gasteiger partial charge in [0.1, 0.15) is 0 Å². The smallest absolute Gasteiger partial charge is 0.407 e. The molecule has 0 bridgehead atoms. The molecule has 4 nitrogen and oxygen atoms in total. The second-order valence-electron chi connectivity index (χ2n) is 2.96. The lowest BCUT2D eigenvalue weighted by atomic mass is 10.1. The molecule has 1 aliphatic heterocycles. The van der Waals surface area contributed by atoms with Crippen LogP contribution < -0.4 is 5.73 Å². The van der Waals surface area contributed by atoms with Crippen LogP contribution in [0.15, 0.2) is 0 Å². The fourth-order valence-electron chi connectivity index (χ4n) is 1.48. The lowest BCUT2D eigenvalue weighted by Gasteiger charge is -2.10. The Morgan fingerprint density at radius 1 is 1.67 bits per heavy atom. The van der Waals surface area contributed by atoms with Gasteiger partial charge in [-0.2, -0.15) is 0 Å². The third-order valence-electron chi connectivity index (χ3n) is 2.13. The van der Waals surface area contributed by atoms with Crippen LogP contribution >= 0.6 is 12.4 Å². The van der Waals surface area contributed by atoms with E-state index < -0.39 is 6.09 Å². The monoisotopic (exact) mass is 194 g/mol. The Labute approximate surface area is 78.1 Å². The van der Waals surface area contributed by atoms with Crippen LogP contribution in [0, 0.1) is 5.92 Å². The molecule has 1 fully saturated rings. The van der Waals surface area contributed by atoms with Gasteiger partial charge in [-0.05, 0) is 25.3 Å². The van der Waals surface area contributed by atoms with Crippen LogP contribution in [0.4, 0.5) is 4.79 Å². The van der Waals surface area contributed by atoms with E-state index in [0.29, 0.717) is 25.6 Å². The summed E-state index contributed by atoms with van der Waals surface area (Å²) in [6.45, 7) is 2.02. The van der Waals surface area contributed by atoms with Gasteiger partial charge < -0.3 is 15.7 Å². The van der Waals surface area contributed by atoms with Crippen LogP contribution in [-0.4, -0.2) is 35.7 Å². The number of hydrogen-bond acceptors (Lipinski definition) is 2. The second-order valence-corrected chi connectivity index (χ2v) is 2.96. The molecular weight excluding hydrogens is 180 g/mol. The number of likely N-dealkylation sites (tertiary alicyclic amines) is 1. The highest BCUT2D eigenvalue weighted by atomic mass is 35.5. The van der Waals surface area contributed by atoms with Crippen molar-refractivity contribution in [2.75, 3.05) is 19.6 Å². The molecule has 0 aromatic carbocycles. The lowest BCUT2D eigenvalue weighted by molar-refractivity contribution is 0.154. The molecule has 1 atom stereocenters. The largest absolute Gasteiger partial charge is 0.465 e. The molecule has 0 aliphatic carbocycles. The predicted octanol–water partition coefficient (Wildman–Crippen LogP) is 0.757. The molecule has 1 unspecified atom stereocenters. The van der Waals surface area contributed by atoms with Gasteiger partial charge in [0.15, 0.2) is 0 Å². The zero-order chi connectivity index (χ0) is 8.27. The number of nitrogens with zero attached hydrogens (tertiary/aromatic N) is 1. The molecular formula is C7H15ClN2O2. The number of halogens is 1. The highest BCUT2D eigenvalue weighted by Gasteiger charge is 2.24. The summed E-state index contributed by atoms with van der Waals surface area (Å²) in [4.78, 5) is 11.9. The molecule has 1 heterocycles. The van der Waals surface area contributed by atoms with Gasteiger partial charge in [-0.3, -0.25) is 0 Å². The maximum Gasteiger partial charge on any atom is 0.407 e. The van der Waals surface area contributed by atoms with Crippen LogP contribution in [-0.2, 0) is 0 Å². The summed E-state index contributed by atoms with van der Waals surface area (Å²) in [5.74, 6) is 0.496. The Kier molecular flexibility index (Phi) is 5.01. The molecule has 1 aliphatic rings. The molecule has 72 valence electrons. The van der Waals surface area contributed by atoms with Gasteiger partial charge >= 0.3 is 6.09 Å². The molecule has 5 heteroatoms. The van der Waals surface area contributed by atoms with E-state index in [0.717, 1.165) is 12.8 Å². The molecule has 3 N–H and O–H groups in total. The van der Waals surface area contributed by atoms with Crippen molar-refractivity contribution in [3.05, 3.63) is 0 Å². The molecule has 0 aromatic heterocycles. The number of nitrogens with two attached hydrogens (primary N) is 1. The summed E-state index contributed by atoms with van der Waals surface area (Å²) in [6.07, 6.45) is 1.12. The van der Waals surface area contributed by atoms with E-state index in [1.165, 1.54) is 4.90 Å². The topological polar surface area (TPSA) is 66.6 Å². The fourth-order valence-corrected chi connectivity index (χ4v) is 1.48. The minimum atomic E-state index is -0.801. The first-order valence-corrected chi connectivity index (χ1v) is 3.92. The minimum absolute atomic E-state index is 0. The highest BCUT2D eigenvalue weighted by Crippen LogP contribution is 2.18. The average Bonchev–Trinajstić information content (AvgIpc) is 2.37. The molecule has 0 spiro atoms. The van der Waals surface area contributed by atoms with Crippen molar-refractivity contribution >= 4 is 18.5 Å². The van der Waals surface area contributed by atoms with Gasteiger partial charge in [-0.15, -0.1) is 12.4 Å². The van der Waals surface area contributed by atoms with Gasteiger partial charge in [0.2, 0.25) is 0 Å². The molecule has 1 rings (SSSR count). The van der Waals surface area contributed by atoms with Gasteiger partial charge in [0, 0.05) is 13.1 Å². The SMILES string of the molecule is Cl.NCCC1CCN(C(=O)O)C1. The van der Waals surface area contributed by atoms with E-state index in [-0.39, 0.29) is 12.4 Å². The zero-order valence-electron chi connectivity index (χ0n) is 6.90. The van der Waals surface area contributed by atoms with E-state index in [2.05, 4.69) is 0 Å². The van der Waals surface area contributed by atoms with Gasteiger partial charge in [-0.25, -0.2) is 4.79 Å². The number of carboxylic acid groups (broad SMARTS) is 1. The summed E-state index contributed by atoms with van der Waals surface area (Å²) >= 11 is 0. The van der Waals surface area contributed by atoms with Crippen LogP contribution in [0.2, 0.25) is 0 Å². The lowest BCUT2D eigenvalue weighted by Crippen LogP contribution is -2.26. The summed E-state index contributed by atoms with van der Waals surface area (Å²) < 4.78 is 0. The summed E-state index contributed by atoms with van der Waals surface area (Å²) in [6, 6.07) is 0. The zero-order valence-corrected chi connectivity index (χ0v) is 7.72. The first-order chi connectivity index (χ1) is 5.24. The predicted molar refractivity (Wildman–Crippen MR) is 48.6 cm³/mol. The minimum Gasteiger partial charge on any atom is -0.465 e. The van der Waals surface area contributed by atoms with E-state index in [9.17, 15) is 4.79 Å². The Bertz CT molecular complexity index is 154. The molecule has 0 aromatic rings. The first-order valence-electron chi connectivity index (χ1n) is 3.92. The maximum atomic E-state index is 10.4. The fraction of sp³-hybridized carbons (Fsp3) is 0.857. The Balaban J connectivity index is 0.00000121. The van der Waals surface area contributed by atoms with Gasteiger partial charge in [0.25, 0.3) is 0 Å². The van der Waals surface area contributed by atoms with Crippen molar-refractivity contribution in [3.8, 4) is 0 Å². The van der Waals surface area contributed by atoms with Crippen molar-refractivity contribution in [3.63, 3.8) is 0 Å². The Morgan fingerprint density at radius 2 is 2.33 bits per heavy atom. The van der Waals surface area contributed by atoms with Crippen molar-refractivity contribution in [2.45, 2.75) is 12.8 Å². The van der Waals surface area contributed by atoms with E-state index >= 15 is 0 Å². The van der Waals surface area contributed by atoms with E-state index in [1.807, 2.05) is 0 Å². The third-order valence-corrected chi connectivity index (χ3v) is 2.13. The van der Waals surface area contributed by atoms with Gasteiger partial charge in [0.05, 0.1) is 0 Å². The number of hydrogen-bond donors (Lipinski definition) is 2. The van der Waals surface area contributed by atoms with Crippen LogP contribution in [0.5, 0.6) is 0 Å². The average molecular weight is 195 g/mol. The van der Waals surface area contributed by atoms with E-state index in [4.69, 9.17) is 10.8 Å². The summed E-state index contributed by atoms with van der Waals surface area (Å²) in [5.41, 5.74) is 5.36. The van der Waals surface area contributed by atoms with Crippen molar-refractivity contribution in [2.24, 2.45) is 11.7 Å². The third kappa shape index (κ3) is 2.87.